The van der Waals surface area contributed by atoms with Crippen LogP contribution in [0.3, 0.4) is 0 Å². The molecule has 2 amide bonds. The molecule has 5 aliphatic rings. The second kappa shape index (κ2) is 10.7. The molecule has 2 saturated carbocycles. The number of nitrogens with zero attached hydrogens (tertiary/aromatic N) is 2. The molecule has 3 aromatic carbocycles. The molecule has 8 nitrogen and oxygen atoms in total. The molecule has 230 valence electrons. The number of pyridine rings is 1. The zero-order chi connectivity index (χ0) is 31.9. The molecular formula is C37H29BrN2O6. The third-order valence-electron chi connectivity index (χ3n) is 10.2. The fraction of sp³-hybridized carbons (Fsp3) is 0.270. The van der Waals surface area contributed by atoms with Crippen molar-refractivity contribution in [3.63, 3.8) is 0 Å². The number of aryl methyl sites for hydroxylation is 1. The lowest BCUT2D eigenvalue weighted by atomic mass is 9.63. The first-order chi connectivity index (χ1) is 22.2. The lowest BCUT2D eigenvalue weighted by Crippen LogP contribution is -2.40. The van der Waals surface area contributed by atoms with E-state index in [-0.39, 0.29) is 52.4 Å². The van der Waals surface area contributed by atoms with E-state index in [2.05, 4.69) is 28.1 Å². The number of anilines is 1. The second-order valence-electron chi connectivity index (χ2n) is 12.6. The van der Waals surface area contributed by atoms with Gasteiger partial charge in [-0.25, -0.2) is 9.78 Å². The number of esters is 1. The predicted molar refractivity (Wildman–Crippen MR) is 174 cm³/mol. The first kappa shape index (κ1) is 28.8. The highest BCUT2D eigenvalue weighted by atomic mass is 79.9. The minimum atomic E-state index is -0.702. The quantitative estimate of drug-likeness (QED) is 0.102. The summed E-state index contributed by atoms with van der Waals surface area (Å²) in [5.41, 5.74) is 3.57. The largest absolute Gasteiger partial charge is 0.507 e. The van der Waals surface area contributed by atoms with Gasteiger partial charge in [-0.15, -0.1) is 0 Å². The van der Waals surface area contributed by atoms with Gasteiger partial charge in [0.15, 0.2) is 6.61 Å². The van der Waals surface area contributed by atoms with Crippen LogP contribution in [0.1, 0.15) is 39.6 Å². The highest BCUT2D eigenvalue weighted by Gasteiger charge is 2.67. The summed E-state index contributed by atoms with van der Waals surface area (Å²) in [6, 6.07) is 18.6. The molecule has 1 aromatic heterocycles. The molecule has 0 spiro atoms. The minimum absolute atomic E-state index is 0.0709. The number of phenolic OH excluding ortho intramolecular Hbond substituents is 1. The van der Waals surface area contributed by atoms with E-state index in [1.54, 1.807) is 48.5 Å². The zero-order valence-corrected chi connectivity index (χ0v) is 26.4. The van der Waals surface area contributed by atoms with Gasteiger partial charge >= 0.3 is 5.97 Å². The van der Waals surface area contributed by atoms with E-state index in [0.717, 1.165) is 16.5 Å². The molecule has 4 aromatic rings. The number of carbonyl (C=O) groups is 4. The van der Waals surface area contributed by atoms with Gasteiger partial charge in [-0.1, -0.05) is 59.3 Å². The molecule has 6 unspecified atom stereocenters. The molecule has 1 aliphatic heterocycles. The average Bonchev–Trinajstić information content (AvgIpc) is 3.85. The van der Waals surface area contributed by atoms with E-state index in [1.165, 1.54) is 17.0 Å². The van der Waals surface area contributed by atoms with Gasteiger partial charge in [0.25, 0.3) is 0 Å². The number of benzene rings is 3. The van der Waals surface area contributed by atoms with Crippen LogP contribution in [0.2, 0.25) is 0 Å². The van der Waals surface area contributed by atoms with E-state index in [9.17, 15) is 24.3 Å². The van der Waals surface area contributed by atoms with Crippen molar-refractivity contribution in [3.05, 3.63) is 100 Å². The molecule has 3 fully saturated rings. The van der Waals surface area contributed by atoms with Gasteiger partial charge in [0.1, 0.15) is 5.75 Å². The minimum Gasteiger partial charge on any atom is -0.507 e. The number of phenols is 1. The van der Waals surface area contributed by atoms with E-state index >= 15 is 0 Å². The summed E-state index contributed by atoms with van der Waals surface area (Å²) in [6.45, 7) is 1.46. The van der Waals surface area contributed by atoms with Crippen LogP contribution in [0.15, 0.2) is 83.4 Å². The number of ketones is 1. The number of fused-ring (bicyclic) bond motifs is 1. The molecule has 0 radical (unpaired) electrons. The Morgan fingerprint density at radius 3 is 2.26 bits per heavy atom. The summed E-state index contributed by atoms with van der Waals surface area (Å²) < 4.78 is 6.25. The molecule has 1 N–H and O–H groups in total. The molecule has 9 rings (SSSR count). The van der Waals surface area contributed by atoms with Crippen molar-refractivity contribution in [2.75, 3.05) is 11.5 Å². The topological polar surface area (TPSA) is 114 Å². The van der Waals surface area contributed by atoms with Crippen molar-refractivity contribution in [1.29, 1.82) is 0 Å². The number of aromatic nitrogens is 1. The lowest BCUT2D eigenvalue weighted by Gasteiger charge is -2.37. The van der Waals surface area contributed by atoms with Crippen molar-refractivity contribution in [3.8, 4) is 17.0 Å². The van der Waals surface area contributed by atoms with Crippen molar-refractivity contribution in [2.24, 2.45) is 35.5 Å². The van der Waals surface area contributed by atoms with Crippen LogP contribution in [0.25, 0.3) is 22.2 Å². The van der Waals surface area contributed by atoms with Crippen molar-refractivity contribution < 1.29 is 29.0 Å². The monoisotopic (exact) mass is 676 g/mol. The number of hydrogen-bond donors (Lipinski definition) is 1. The molecule has 2 bridgehead atoms. The number of halogens is 1. The molecule has 46 heavy (non-hydrogen) atoms. The van der Waals surface area contributed by atoms with E-state index in [0.29, 0.717) is 46.1 Å². The highest BCUT2D eigenvalue weighted by Crippen LogP contribution is 2.65. The third kappa shape index (κ3) is 4.43. The van der Waals surface area contributed by atoms with Crippen LogP contribution in [0.4, 0.5) is 5.69 Å². The number of allylic oxidation sites excluding steroid dienone is 2. The van der Waals surface area contributed by atoms with Gasteiger partial charge in [0.05, 0.1) is 39.9 Å². The number of para-hydroxylation sites is 1. The smallest absolute Gasteiger partial charge is 0.339 e. The summed E-state index contributed by atoms with van der Waals surface area (Å²) in [5, 5.41) is 10.6. The summed E-state index contributed by atoms with van der Waals surface area (Å²) in [6.07, 6.45) is 6.10. The van der Waals surface area contributed by atoms with E-state index in [4.69, 9.17) is 9.72 Å². The Morgan fingerprint density at radius 1 is 0.935 bits per heavy atom. The SMILES string of the molecule is CCc1cc(Br)cc2c(C(=O)OCC(=O)c3ccccc3O)cc(-c3ccc(N4C(=O)C5C6C=CC(C7CC67)C5C4=O)cc3)nc12. The molecule has 1 saturated heterocycles. The van der Waals surface area contributed by atoms with Crippen LogP contribution in [0, 0.1) is 35.5 Å². The molecule has 9 heteroatoms. The maximum Gasteiger partial charge on any atom is 0.339 e. The van der Waals surface area contributed by atoms with Crippen LogP contribution >= 0.6 is 15.9 Å². The summed E-state index contributed by atoms with van der Waals surface area (Å²) in [5.74, 6) is -0.803. The number of amides is 2. The number of Topliss-reactive ketones (excluding diaryl/α,β-unsaturated/α-hetero) is 1. The second-order valence-corrected chi connectivity index (χ2v) is 13.5. The van der Waals surface area contributed by atoms with E-state index < -0.39 is 18.4 Å². The first-order valence-corrected chi connectivity index (χ1v) is 16.3. The van der Waals surface area contributed by atoms with Crippen LogP contribution in [0.5, 0.6) is 5.75 Å². The van der Waals surface area contributed by atoms with Crippen LogP contribution in [-0.2, 0) is 20.7 Å². The number of aromatic hydroxyl groups is 1. The fourth-order valence-corrected chi connectivity index (χ4v) is 8.44. The molecule has 6 atom stereocenters. The van der Waals surface area contributed by atoms with Crippen molar-refractivity contribution >= 4 is 56.1 Å². The lowest BCUT2D eigenvalue weighted by molar-refractivity contribution is -0.124. The normalized spacial score (nSPS) is 25.5. The van der Waals surface area contributed by atoms with Crippen LogP contribution in [-0.4, -0.2) is 40.3 Å². The average molecular weight is 678 g/mol. The Hall–Kier alpha value is -4.63. The van der Waals surface area contributed by atoms with Gasteiger partial charge in [0.2, 0.25) is 17.6 Å². The maximum absolute atomic E-state index is 13.6. The van der Waals surface area contributed by atoms with Crippen LogP contribution < -0.4 is 4.90 Å². The Kier molecular flexibility index (Phi) is 6.72. The number of rotatable bonds is 7. The Labute approximate surface area is 273 Å². The number of imide groups is 1. The molecular weight excluding hydrogens is 648 g/mol. The van der Waals surface area contributed by atoms with Crippen molar-refractivity contribution in [1.82, 2.24) is 4.98 Å². The summed E-state index contributed by atoms with van der Waals surface area (Å²) in [4.78, 5) is 59.7. The predicted octanol–water partition coefficient (Wildman–Crippen LogP) is 6.53. The van der Waals surface area contributed by atoms with Gasteiger partial charge in [0, 0.05) is 15.4 Å². The summed E-state index contributed by atoms with van der Waals surface area (Å²) >= 11 is 3.54. The van der Waals surface area contributed by atoms with Gasteiger partial charge in [-0.2, -0.15) is 0 Å². The zero-order valence-electron chi connectivity index (χ0n) is 24.9. The summed E-state index contributed by atoms with van der Waals surface area (Å²) in [7, 11) is 0. The Bertz CT molecular complexity index is 1980. The van der Waals surface area contributed by atoms with Gasteiger partial charge < -0.3 is 9.84 Å². The molecule has 2 heterocycles. The Balaban J connectivity index is 1.11. The maximum atomic E-state index is 13.6. The van der Waals surface area contributed by atoms with Gasteiger partial charge in [-0.05, 0) is 84.5 Å². The standard InChI is InChI=1S/C37H29BrN2O6/c1-2-18-13-20(38)14-27-28(37(45)46-17-31(42)24-5-3-4-6-30(24)41)16-29(39-34(18)27)19-7-9-21(10-8-19)40-35(43)32-22-11-12-23(26-15-25(22)26)33(32)36(40)44/h3-14,16,22-23,25-26,32-33,41H,2,15,17H2,1H3. The van der Waals surface area contributed by atoms with Gasteiger partial charge in [-0.3, -0.25) is 19.3 Å². The third-order valence-corrected chi connectivity index (χ3v) is 10.6. The number of ether oxygens (including phenoxy) is 1. The fourth-order valence-electron chi connectivity index (χ4n) is 7.94. The number of carbonyl (C=O) groups excluding carboxylic acids is 4. The molecule has 4 aliphatic carbocycles. The number of hydrogen-bond acceptors (Lipinski definition) is 7. The Morgan fingerprint density at radius 2 is 1.61 bits per heavy atom. The first-order valence-electron chi connectivity index (χ1n) is 15.5. The van der Waals surface area contributed by atoms with E-state index in [1.807, 2.05) is 13.0 Å². The highest BCUT2D eigenvalue weighted by molar-refractivity contribution is 9.10. The van der Waals surface area contributed by atoms with Crippen molar-refractivity contribution in [2.45, 2.75) is 19.8 Å².